The lowest BCUT2D eigenvalue weighted by atomic mass is 9.93. The number of methoxy groups -OCH3 is 1. The first-order valence-corrected chi connectivity index (χ1v) is 10.6. The predicted molar refractivity (Wildman–Crippen MR) is 108 cm³/mol. The van der Waals surface area contributed by atoms with E-state index in [1.165, 1.54) is 18.4 Å². The molecule has 154 valence electrons. The zero-order chi connectivity index (χ0) is 20.0. The molecule has 2 aliphatic carbocycles. The second-order valence-corrected chi connectivity index (χ2v) is 8.86. The summed E-state index contributed by atoms with van der Waals surface area (Å²) in [6.07, 6.45) is 5.96. The molecule has 1 aromatic heterocycles. The SMILES string of the molecule is COc1ccc([C@H]2C[C@@H]2c2nnc(N[C@@H](C)C(=O)N3CCC4(CC3)CC4)o2)cc1. The van der Waals surface area contributed by atoms with E-state index in [0.29, 0.717) is 23.2 Å². The van der Waals surface area contributed by atoms with Crippen LogP contribution in [0.2, 0.25) is 0 Å². The molecular weight excluding hydrogens is 368 g/mol. The molecule has 1 spiro atoms. The Morgan fingerprint density at radius 1 is 1.17 bits per heavy atom. The van der Waals surface area contributed by atoms with Gasteiger partial charge in [-0.25, -0.2) is 0 Å². The Morgan fingerprint density at radius 3 is 2.55 bits per heavy atom. The minimum atomic E-state index is -0.367. The summed E-state index contributed by atoms with van der Waals surface area (Å²) in [7, 11) is 1.67. The first kappa shape index (κ1) is 18.5. The molecule has 1 aliphatic heterocycles. The van der Waals surface area contributed by atoms with E-state index in [4.69, 9.17) is 9.15 Å². The molecule has 1 saturated heterocycles. The fraction of sp³-hybridized carbons (Fsp3) is 0.591. The van der Waals surface area contributed by atoms with E-state index < -0.39 is 0 Å². The second kappa shape index (κ2) is 7.04. The lowest BCUT2D eigenvalue weighted by Gasteiger charge is -2.33. The van der Waals surface area contributed by atoms with E-state index in [2.05, 4.69) is 27.6 Å². The van der Waals surface area contributed by atoms with Crippen molar-refractivity contribution in [2.24, 2.45) is 5.41 Å². The van der Waals surface area contributed by atoms with Crippen LogP contribution in [0.25, 0.3) is 0 Å². The van der Waals surface area contributed by atoms with Gasteiger partial charge in [-0.05, 0) is 68.1 Å². The number of hydrogen-bond donors (Lipinski definition) is 1. The summed E-state index contributed by atoms with van der Waals surface area (Å²) in [5.74, 6) is 2.25. The van der Waals surface area contributed by atoms with Crippen molar-refractivity contribution in [1.29, 1.82) is 0 Å². The van der Waals surface area contributed by atoms with Gasteiger partial charge in [0, 0.05) is 19.0 Å². The van der Waals surface area contributed by atoms with Crippen molar-refractivity contribution in [2.45, 2.75) is 56.9 Å². The van der Waals surface area contributed by atoms with Gasteiger partial charge in [0.15, 0.2) is 0 Å². The molecule has 0 unspecified atom stereocenters. The number of amides is 1. The van der Waals surface area contributed by atoms with Crippen LogP contribution in [-0.4, -0.2) is 47.2 Å². The number of carbonyl (C=O) groups excluding carboxylic acids is 1. The Bertz CT molecular complexity index is 880. The molecule has 0 radical (unpaired) electrons. The maximum Gasteiger partial charge on any atom is 0.316 e. The summed E-state index contributed by atoms with van der Waals surface area (Å²) in [5, 5.41) is 11.4. The number of rotatable bonds is 6. The minimum absolute atomic E-state index is 0.114. The van der Waals surface area contributed by atoms with Gasteiger partial charge in [0.2, 0.25) is 11.8 Å². The van der Waals surface area contributed by atoms with E-state index in [0.717, 1.165) is 38.1 Å². The number of aromatic nitrogens is 2. The summed E-state index contributed by atoms with van der Waals surface area (Å²) in [5.41, 5.74) is 1.82. The van der Waals surface area contributed by atoms with Gasteiger partial charge >= 0.3 is 6.01 Å². The molecule has 1 amide bonds. The maximum atomic E-state index is 12.7. The molecule has 0 bridgehead atoms. The highest BCUT2D eigenvalue weighted by Crippen LogP contribution is 2.55. The average molecular weight is 396 g/mol. The number of ether oxygens (including phenoxy) is 1. The number of nitrogens with one attached hydrogen (secondary N) is 1. The number of anilines is 1. The van der Waals surface area contributed by atoms with Gasteiger partial charge in [0.05, 0.1) is 7.11 Å². The van der Waals surface area contributed by atoms with Crippen molar-refractivity contribution in [3.63, 3.8) is 0 Å². The zero-order valence-electron chi connectivity index (χ0n) is 17.1. The molecule has 3 atom stereocenters. The smallest absolute Gasteiger partial charge is 0.316 e. The topological polar surface area (TPSA) is 80.5 Å². The molecule has 1 aromatic carbocycles. The van der Waals surface area contributed by atoms with Crippen LogP contribution in [0.4, 0.5) is 6.01 Å². The number of carbonyl (C=O) groups is 1. The first-order valence-electron chi connectivity index (χ1n) is 10.6. The van der Waals surface area contributed by atoms with Crippen molar-refractivity contribution < 1.29 is 13.9 Å². The van der Waals surface area contributed by atoms with Crippen LogP contribution in [0.15, 0.2) is 28.7 Å². The van der Waals surface area contributed by atoms with Gasteiger partial charge in [-0.15, -0.1) is 5.10 Å². The predicted octanol–water partition coefficient (Wildman–Crippen LogP) is 3.55. The summed E-state index contributed by atoms with van der Waals surface area (Å²) in [4.78, 5) is 14.7. The summed E-state index contributed by atoms with van der Waals surface area (Å²) >= 11 is 0. The highest BCUT2D eigenvalue weighted by molar-refractivity contribution is 5.83. The summed E-state index contributed by atoms with van der Waals surface area (Å²) in [6, 6.07) is 8.09. The number of nitrogens with zero attached hydrogens (tertiary/aromatic N) is 3. The van der Waals surface area contributed by atoms with Crippen molar-refractivity contribution in [1.82, 2.24) is 15.1 Å². The number of hydrogen-bond acceptors (Lipinski definition) is 6. The van der Waals surface area contributed by atoms with Crippen molar-refractivity contribution in [3.05, 3.63) is 35.7 Å². The van der Waals surface area contributed by atoms with Crippen LogP contribution in [0.3, 0.4) is 0 Å². The van der Waals surface area contributed by atoms with Gasteiger partial charge in [0.1, 0.15) is 11.8 Å². The fourth-order valence-electron chi connectivity index (χ4n) is 4.53. The molecule has 29 heavy (non-hydrogen) atoms. The Kier molecular flexibility index (Phi) is 4.48. The fourth-order valence-corrected chi connectivity index (χ4v) is 4.53. The van der Waals surface area contributed by atoms with Crippen LogP contribution in [-0.2, 0) is 4.79 Å². The number of likely N-dealkylation sites (tertiary alicyclic amines) is 1. The molecule has 7 nitrogen and oxygen atoms in total. The molecule has 2 saturated carbocycles. The van der Waals surface area contributed by atoms with Gasteiger partial charge < -0.3 is 19.4 Å². The monoisotopic (exact) mass is 396 g/mol. The molecule has 3 aliphatic rings. The van der Waals surface area contributed by atoms with Crippen molar-refractivity contribution >= 4 is 11.9 Å². The standard InChI is InChI=1S/C22H28N4O3/c1-14(20(27)26-11-9-22(7-8-22)10-12-26)23-21-25-24-19(29-21)18-13-17(18)15-3-5-16(28-2)6-4-15/h3-6,14,17-18H,7-13H2,1-2H3,(H,23,25)/t14-,17+,18-/m0/s1. The Morgan fingerprint density at radius 2 is 1.90 bits per heavy atom. The minimum Gasteiger partial charge on any atom is -0.497 e. The number of benzene rings is 1. The van der Waals surface area contributed by atoms with Crippen molar-refractivity contribution in [2.75, 3.05) is 25.5 Å². The largest absolute Gasteiger partial charge is 0.497 e. The third kappa shape index (κ3) is 3.70. The molecule has 5 rings (SSSR count). The highest BCUT2D eigenvalue weighted by Gasteiger charge is 2.46. The zero-order valence-corrected chi connectivity index (χ0v) is 17.1. The van der Waals surface area contributed by atoms with Crippen LogP contribution >= 0.6 is 0 Å². The van der Waals surface area contributed by atoms with Gasteiger partial charge in [-0.2, -0.15) is 0 Å². The molecular formula is C22H28N4O3. The lowest BCUT2D eigenvalue weighted by Crippen LogP contribution is -2.45. The Hall–Kier alpha value is -2.57. The normalized spacial score (nSPS) is 25.5. The van der Waals surface area contributed by atoms with Crippen LogP contribution in [0.1, 0.15) is 62.3 Å². The van der Waals surface area contributed by atoms with Gasteiger partial charge in [-0.3, -0.25) is 4.79 Å². The summed E-state index contributed by atoms with van der Waals surface area (Å²) in [6.45, 7) is 3.60. The van der Waals surface area contributed by atoms with E-state index in [-0.39, 0.29) is 17.9 Å². The van der Waals surface area contributed by atoms with E-state index in [1.54, 1.807) is 7.11 Å². The third-order valence-electron chi connectivity index (χ3n) is 6.90. The van der Waals surface area contributed by atoms with Crippen LogP contribution in [0.5, 0.6) is 5.75 Å². The highest BCUT2D eigenvalue weighted by atomic mass is 16.5. The molecule has 7 heteroatoms. The molecule has 2 aromatic rings. The molecule has 3 fully saturated rings. The molecule has 1 N–H and O–H groups in total. The Balaban J connectivity index is 1.16. The van der Waals surface area contributed by atoms with Gasteiger partial charge in [-0.1, -0.05) is 17.2 Å². The van der Waals surface area contributed by atoms with Gasteiger partial charge in [0.25, 0.3) is 0 Å². The van der Waals surface area contributed by atoms with E-state index in [1.807, 2.05) is 24.0 Å². The molecule has 2 heterocycles. The van der Waals surface area contributed by atoms with E-state index >= 15 is 0 Å². The lowest BCUT2D eigenvalue weighted by molar-refractivity contribution is -0.133. The van der Waals surface area contributed by atoms with Crippen molar-refractivity contribution in [3.8, 4) is 5.75 Å². The third-order valence-corrected chi connectivity index (χ3v) is 6.90. The number of piperidine rings is 1. The quantitative estimate of drug-likeness (QED) is 0.804. The van der Waals surface area contributed by atoms with Crippen LogP contribution in [0, 0.1) is 5.41 Å². The van der Waals surface area contributed by atoms with Crippen LogP contribution < -0.4 is 10.1 Å². The first-order chi connectivity index (χ1) is 14.1. The average Bonchev–Trinajstić information content (AvgIpc) is 3.67. The second-order valence-electron chi connectivity index (χ2n) is 8.86. The maximum absolute atomic E-state index is 12.7. The Labute approximate surface area is 170 Å². The summed E-state index contributed by atoms with van der Waals surface area (Å²) < 4.78 is 11.0. The van der Waals surface area contributed by atoms with E-state index in [9.17, 15) is 4.79 Å².